The molecule has 3 aromatic rings. The Bertz CT molecular complexity index is 1100. The normalized spacial score (nSPS) is 12.2. The van der Waals surface area contributed by atoms with Crippen LogP contribution in [0.4, 0.5) is 5.69 Å². The summed E-state index contributed by atoms with van der Waals surface area (Å²) in [7, 11) is -3.64. The highest BCUT2D eigenvalue weighted by molar-refractivity contribution is 9.10. The molecule has 1 atom stereocenters. The fourth-order valence-electron chi connectivity index (χ4n) is 3.11. The van der Waals surface area contributed by atoms with E-state index in [0.29, 0.717) is 5.69 Å². The second-order valence-corrected chi connectivity index (χ2v) is 9.89. The van der Waals surface area contributed by atoms with Gasteiger partial charge in [-0.25, -0.2) is 8.42 Å². The van der Waals surface area contributed by atoms with Crippen LogP contribution in [-0.2, 0) is 14.8 Å². The Morgan fingerprint density at radius 1 is 0.933 bits per heavy atom. The van der Waals surface area contributed by atoms with Gasteiger partial charge < -0.3 is 5.32 Å². The van der Waals surface area contributed by atoms with Crippen LogP contribution in [0.1, 0.15) is 22.7 Å². The molecule has 0 spiro atoms. The van der Waals surface area contributed by atoms with Crippen LogP contribution in [0.25, 0.3) is 0 Å². The molecule has 0 aliphatic heterocycles. The maximum absolute atomic E-state index is 12.9. The predicted octanol–water partition coefficient (Wildman–Crippen LogP) is 4.43. The van der Waals surface area contributed by atoms with Crippen LogP contribution in [-0.4, -0.2) is 27.1 Å². The Labute approximate surface area is 185 Å². The molecule has 0 saturated carbocycles. The summed E-state index contributed by atoms with van der Waals surface area (Å²) in [5.41, 5.74) is 3.40. The third kappa shape index (κ3) is 5.70. The van der Waals surface area contributed by atoms with Gasteiger partial charge in [-0.1, -0.05) is 76.1 Å². The summed E-state index contributed by atoms with van der Waals surface area (Å²) in [6, 6.07) is 23.9. The Morgan fingerprint density at radius 2 is 1.50 bits per heavy atom. The number of carbonyl (C=O) groups excluding carboxylic acids is 1. The van der Waals surface area contributed by atoms with E-state index in [2.05, 4.69) is 21.2 Å². The molecule has 156 valence electrons. The van der Waals surface area contributed by atoms with Gasteiger partial charge in [0.05, 0.1) is 18.0 Å². The smallest absolute Gasteiger partial charge is 0.241 e. The number of halogens is 1. The van der Waals surface area contributed by atoms with E-state index < -0.39 is 15.9 Å². The monoisotopic (exact) mass is 486 g/mol. The highest BCUT2D eigenvalue weighted by Crippen LogP contribution is 2.24. The van der Waals surface area contributed by atoms with Crippen LogP contribution in [0, 0.1) is 6.92 Å². The Kier molecular flexibility index (Phi) is 6.95. The number of hydrogen-bond donors (Lipinski definition) is 1. The molecule has 3 rings (SSSR count). The Morgan fingerprint density at radius 3 is 2.07 bits per heavy atom. The first kappa shape index (κ1) is 22.1. The van der Waals surface area contributed by atoms with Gasteiger partial charge in [0.15, 0.2) is 0 Å². The highest BCUT2D eigenvalue weighted by atomic mass is 79.9. The van der Waals surface area contributed by atoms with E-state index in [4.69, 9.17) is 0 Å². The van der Waals surface area contributed by atoms with Crippen LogP contribution < -0.4 is 9.62 Å². The van der Waals surface area contributed by atoms with Crippen molar-refractivity contribution < 1.29 is 13.2 Å². The van der Waals surface area contributed by atoms with Gasteiger partial charge in [-0.3, -0.25) is 9.10 Å². The van der Waals surface area contributed by atoms with Crippen molar-refractivity contribution in [2.75, 3.05) is 17.1 Å². The molecule has 0 aliphatic carbocycles. The van der Waals surface area contributed by atoms with Crippen molar-refractivity contribution in [1.29, 1.82) is 0 Å². The van der Waals surface area contributed by atoms with Gasteiger partial charge >= 0.3 is 0 Å². The minimum absolute atomic E-state index is 0.310. The van der Waals surface area contributed by atoms with Crippen molar-refractivity contribution in [1.82, 2.24) is 5.32 Å². The maximum Gasteiger partial charge on any atom is 0.241 e. The quantitative estimate of drug-likeness (QED) is 0.536. The summed E-state index contributed by atoms with van der Waals surface area (Å²) >= 11 is 3.34. The molecule has 0 saturated heterocycles. The largest absolute Gasteiger partial charge is 0.344 e. The average Bonchev–Trinajstić information content (AvgIpc) is 2.72. The number of rotatable bonds is 7. The summed E-state index contributed by atoms with van der Waals surface area (Å²) in [4.78, 5) is 12.9. The SMILES string of the molecule is Cc1ccc(C(NC(=O)CN(c2ccc(Br)cc2)S(C)(=O)=O)c2ccccc2)cc1. The number of carbonyl (C=O) groups is 1. The van der Waals surface area contributed by atoms with E-state index >= 15 is 0 Å². The summed E-state index contributed by atoms with van der Waals surface area (Å²) in [6.45, 7) is 1.69. The summed E-state index contributed by atoms with van der Waals surface area (Å²) < 4.78 is 26.6. The van der Waals surface area contributed by atoms with Crippen LogP contribution >= 0.6 is 15.9 Å². The molecule has 1 amide bonds. The number of hydrogen-bond acceptors (Lipinski definition) is 3. The first-order valence-electron chi connectivity index (χ1n) is 9.38. The summed E-state index contributed by atoms with van der Waals surface area (Å²) in [6.07, 6.45) is 1.09. The molecule has 0 fully saturated rings. The van der Waals surface area contributed by atoms with Crippen LogP contribution in [0.15, 0.2) is 83.3 Å². The van der Waals surface area contributed by atoms with Crippen molar-refractivity contribution >= 4 is 37.5 Å². The maximum atomic E-state index is 12.9. The van der Waals surface area contributed by atoms with Crippen LogP contribution in [0.3, 0.4) is 0 Å². The van der Waals surface area contributed by atoms with Crippen molar-refractivity contribution in [3.05, 3.63) is 100 Å². The minimum atomic E-state index is -3.64. The zero-order valence-corrected chi connectivity index (χ0v) is 19.2. The summed E-state index contributed by atoms with van der Waals surface area (Å²) in [5.74, 6) is -0.391. The molecule has 30 heavy (non-hydrogen) atoms. The van der Waals surface area contributed by atoms with E-state index in [9.17, 15) is 13.2 Å². The minimum Gasteiger partial charge on any atom is -0.344 e. The summed E-state index contributed by atoms with van der Waals surface area (Å²) in [5, 5.41) is 3.00. The first-order chi connectivity index (χ1) is 14.2. The van der Waals surface area contributed by atoms with Crippen LogP contribution in [0.2, 0.25) is 0 Å². The highest BCUT2D eigenvalue weighted by Gasteiger charge is 2.23. The first-order valence-corrected chi connectivity index (χ1v) is 12.0. The molecule has 7 heteroatoms. The Balaban J connectivity index is 1.87. The van der Waals surface area contributed by atoms with Gasteiger partial charge in [0.25, 0.3) is 0 Å². The van der Waals surface area contributed by atoms with E-state index in [1.54, 1.807) is 24.3 Å². The lowest BCUT2D eigenvalue weighted by atomic mass is 9.98. The molecule has 0 bridgehead atoms. The molecular formula is C23H23BrN2O3S. The number of nitrogens with zero attached hydrogens (tertiary/aromatic N) is 1. The lowest BCUT2D eigenvalue weighted by Crippen LogP contribution is -2.41. The number of sulfonamides is 1. The predicted molar refractivity (Wildman–Crippen MR) is 124 cm³/mol. The molecule has 0 heterocycles. The van der Waals surface area contributed by atoms with Crippen LogP contribution in [0.5, 0.6) is 0 Å². The number of benzene rings is 3. The van der Waals surface area contributed by atoms with E-state index in [1.165, 1.54) is 0 Å². The molecule has 3 aromatic carbocycles. The number of aryl methyl sites for hydroxylation is 1. The van der Waals surface area contributed by atoms with Gasteiger partial charge in [-0.05, 0) is 42.3 Å². The second-order valence-electron chi connectivity index (χ2n) is 7.07. The second kappa shape index (κ2) is 9.45. The zero-order chi connectivity index (χ0) is 21.7. The fourth-order valence-corrected chi connectivity index (χ4v) is 4.23. The van der Waals surface area contributed by atoms with E-state index in [1.807, 2.05) is 61.5 Å². The van der Waals surface area contributed by atoms with E-state index in [0.717, 1.165) is 31.7 Å². The number of nitrogens with one attached hydrogen (secondary N) is 1. The van der Waals surface area contributed by atoms with Gasteiger partial charge in [-0.15, -0.1) is 0 Å². The molecule has 0 radical (unpaired) electrons. The topological polar surface area (TPSA) is 66.5 Å². The molecule has 0 aliphatic rings. The van der Waals surface area contributed by atoms with Gasteiger partial charge in [0.2, 0.25) is 15.9 Å². The van der Waals surface area contributed by atoms with Gasteiger partial charge in [-0.2, -0.15) is 0 Å². The Hall–Kier alpha value is -2.64. The van der Waals surface area contributed by atoms with Crippen molar-refractivity contribution in [2.24, 2.45) is 0 Å². The molecule has 1 N–H and O–H groups in total. The lowest BCUT2D eigenvalue weighted by Gasteiger charge is -2.25. The third-order valence-electron chi connectivity index (χ3n) is 4.65. The van der Waals surface area contributed by atoms with Crippen molar-refractivity contribution in [3.63, 3.8) is 0 Å². The fraction of sp³-hybridized carbons (Fsp3) is 0.174. The molecular weight excluding hydrogens is 464 g/mol. The standard InChI is InChI=1S/C23H23BrN2O3S/c1-17-8-10-19(11-9-17)23(18-6-4-3-5-7-18)25-22(27)16-26(30(2,28)29)21-14-12-20(24)13-15-21/h3-15,23H,16H2,1-2H3,(H,25,27). The molecule has 5 nitrogen and oxygen atoms in total. The van der Waals surface area contributed by atoms with Gasteiger partial charge in [0, 0.05) is 4.47 Å². The number of anilines is 1. The zero-order valence-electron chi connectivity index (χ0n) is 16.7. The number of amides is 1. The van der Waals surface area contributed by atoms with Crippen molar-refractivity contribution in [3.8, 4) is 0 Å². The lowest BCUT2D eigenvalue weighted by molar-refractivity contribution is -0.120. The van der Waals surface area contributed by atoms with Crippen molar-refractivity contribution in [2.45, 2.75) is 13.0 Å². The van der Waals surface area contributed by atoms with E-state index in [-0.39, 0.29) is 12.6 Å². The molecule has 1 unspecified atom stereocenters. The van der Waals surface area contributed by atoms with Gasteiger partial charge in [0.1, 0.15) is 6.54 Å². The third-order valence-corrected chi connectivity index (χ3v) is 6.32. The average molecular weight is 487 g/mol. The molecule has 0 aromatic heterocycles.